The van der Waals surface area contributed by atoms with E-state index in [0.717, 1.165) is 19.6 Å². The van der Waals surface area contributed by atoms with E-state index < -0.39 is 0 Å². The predicted octanol–water partition coefficient (Wildman–Crippen LogP) is 1.47. The molecule has 2 aromatic rings. The number of rotatable bonds is 4. The Kier molecular flexibility index (Phi) is 3.34. The lowest BCUT2D eigenvalue weighted by atomic mass is 9.97. The molecule has 3 rings (SSSR count). The molecule has 1 aromatic carbocycles. The highest BCUT2D eigenvalue weighted by Crippen LogP contribution is 2.26. The van der Waals surface area contributed by atoms with E-state index in [4.69, 9.17) is 4.74 Å². The Morgan fingerprint density at radius 1 is 1.33 bits per heavy atom. The van der Waals surface area contributed by atoms with Gasteiger partial charge < -0.3 is 14.6 Å². The molecule has 0 spiro atoms. The highest BCUT2D eigenvalue weighted by molar-refractivity contribution is 5.31. The van der Waals surface area contributed by atoms with E-state index in [1.165, 1.54) is 17.5 Å². The van der Waals surface area contributed by atoms with Crippen molar-refractivity contribution in [3.05, 3.63) is 47.6 Å². The molecule has 0 saturated heterocycles. The van der Waals surface area contributed by atoms with Gasteiger partial charge in [-0.2, -0.15) is 4.98 Å². The minimum Gasteiger partial charge on any atom is -0.372 e. The van der Waals surface area contributed by atoms with Crippen LogP contribution in [-0.4, -0.2) is 23.3 Å². The summed E-state index contributed by atoms with van der Waals surface area (Å²) in [5.74, 6) is 0.666. The third-order valence-corrected chi connectivity index (χ3v) is 3.11. The highest BCUT2D eigenvalue weighted by atomic mass is 16.5. The van der Waals surface area contributed by atoms with E-state index in [0.29, 0.717) is 12.4 Å². The number of nitrogens with zero attached hydrogens (tertiary/aromatic N) is 2. The lowest BCUT2D eigenvalue weighted by Crippen LogP contribution is -2.27. The van der Waals surface area contributed by atoms with Crippen LogP contribution in [0.2, 0.25) is 0 Å². The van der Waals surface area contributed by atoms with Crippen molar-refractivity contribution in [3.63, 3.8) is 0 Å². The zero-order chi connectivity index (χ0) is 12.2. The maximum Gasteiger partial charge on any atom is 0.213 e. The maximum atomic E-state index is 5.80. The Labute approximate surface area is 105 Å². The van der Waals surface area contributed by atoms with Crippen molar-refractivity contribution < 1.29 is 9.26 Å². The topological polar surface area (TPSA) is 60.2 Å². The fourth-order valence-corrected chi connectivity index (χ4v) is 2.23. The average molecular weight is 245 g/mol. The number of hydrogen-bond donors (Lipinski definition) is 1. The van der Waals surface area contributed by atoms with Crippen LogP contribution in [0.1, 0.15) is 23.1 Å². The summed E-state index contributed by atoms with van der Waals surface area (Å²) in [6, 6.07) is 8.44. The first-order chi connectivity index (χ1) is 8.93. The van der Waals surface area contributed by atoms with E-state index >= 15 is 0 Å². The number of fused-ring (bicyclic) bond motifs is 1. The maximum absolute atomic E-state index is 5.80. The van der Waals surface area contributed by atoms with Gasteiger partial charge in [0, 0.05) is 6.54 Å². The summed E-state index contributed by atoms with van der Waals surface area (Å²) < 4.78 is 10.5. The number of aromatic nitrogens is 2. The van der Waals surface area contributed by atoms with Gasteiger partial charge in [0.25, 0.3) is 0 Å². The second-order valence-corrected chi connectivity index (χ2v) is 4.29. The fourth-order valence-electron chi connectivity index (χ4n) is 2.23. The summed E-state index contributed by atoms with van der Waals surface area (Å²) in [4.78, 5) is 3.96. The van der Waals surface area contributed by atoms with Crippen molar-refractivity contribution in [2.24, 2.45) is 0 Å². The van der Waals surface area contributed by atoms with E-state index in [1.54, 1.807) is 0 Å². The van der Waals surface area contributed by atoms with Crippen LogP contribution < -0.4 is 5.32 Å². The Hall–Kier alpha value is -1.72. The first kappa shape index (κ1) is 11.4. The summed E-state index contributed by atoms with van der Waals surface area (Å²) in [6.45, 7) is 2.13. The van der Waals surface area contributed by atoms with Gasteiger partial charge in [0.1, 0.15) is 0 Å². The Morgan fingerprint density at radius 2 is 2.28 bits per heavy atom. The molecule has 5 heteroatoms. The zero-order valence-corrected chi connectivity index (χ0v) is 10.0. The Balaban J connectivity index is 1.60. The van der Waals surface area contributed by atoms with E-state index in [1.807, 2.05) is 0 Å². The molecular weight excluding hydrogens is 230 g/mol. The molecule has 5 nitrogen and oxygen atoms in total. The minimum absolute atomic E-state index is 0.113. The van der Waals surface area contributed by atoms with E-state index in [2.05, 4.69) is 44.2 Å². The third kappa shape index (κ3) is 2.42. The van der Waals surface area contributed by atoms with Gasteiger partial charge in [-0.25, -0.2) is 0 Å². The molecule has 1 unspecified atom stereocenters. The largest absolute Gasteiger partial charge is 0.372 e. The fraction of sp³-hybridized carbons (Fsp3) is 0.385. The van der Waals surface area contributed by atoms with Crippen LogP contribution in [0.5, 0.6) is 0 Å². The molecular formula is C13H15N3O2. The van der Waals surface area contributed by atoms with Crippen LogP contribution in [0.15, 0.2) is 35.2 Å². The lowest BCUT2D eigenvalue weighted by Gasteiger charge is -2.26. The van der Waals surface area contributed by atoms with Crippen LogP contribution in [0.25, 0.3) is 0 Å². The van der Waals surface area contributed by atoms with Crippen LogP contribution in [-0.2, 0) is 17.7 Å². The van der Waals surface area contributed by atoms with Crippen molar-refractivity contribution in [2.75, 3.05) is 13.2 Å². The lowest BCUT2D eigenvalue weighted by molar-refractivity contribution is 0.0422. The quantitative estimate of drug-likeness (QED) is 0.884. The molecule has 0 aliphatic carbocycles. The van der Waals surface area contributed by atoms with Gasteiger partial charge in [-0.05, 0) is 17.5 Å². The summed E-state index contributed by atoms with van der Waals surface area (Å²) in [7, 11) is 0. The first-order valence-electron chi connectivity index (χ1n) is 6.09. The Bertz CT molecular complexity index is 499. The molecule has 94 valence electrons. The van der Waals surface area contributed by atoms with Gasteiger partial charge >= 0.3 is 0 Å². The molecule has 0 amide bonds. The molecule has 1 atom stereocenters. The summed E-state index contributed by atoms with van der Waals surface area (Å²) >= 11 is 0. The number of nitrogens with one attached hydrogen (secondary N) is 1. The van der Waals surface area contributed by atoms with Crippen molar-refractivity contribution in [1.82, 2.24) is 15.5 Å². The third-order valence-electron chi connectivity index (χ3n) is 3.11. The van der Waals surface area contributed by atoms with Crippen LogP contribution in [0.3, 0.4) is 0 Å². The number of hydrogen-bond acceptors (Lipinski definition) is 5. The normalized spacial score (nSPS) is 18.6. The molecule has 18 heavy (non-hydrogen) atoms. The standard InChI is InChI=1S/C13H15N3O2/c1-2-4-11-10(3-1)5-6-17-12(11)7-14-8-13-15-9-18-16-13/h1-4,9,12,14H,5-8H2. The second kappa shape index (κ2) is 5.29. The minimum atomic E-state index is 0.113. The molecule has 0 fully saturated rings. The molecule has 1 N–H and O–H groups in total. The summed E-state index contributed by atoms with van der Waals surface area (Å²) in [5, 5.41) is 7.04. The van der Waals surface area contributed by atoms with Crippen LogP contribution in [0, 0.1) is 0 Å². The smallest absolute Gasteiger partial charge is 0.213 e. The molecule has 1 aliphatic heterocycles. The number of benzene rings is 1. The molecule has 0 bridgehead atoms. The SMILES string of the molecule is c1ccc2c(c1)CCOC2CNCc1ncon1. The predicted molar refractivity (Wildman–Crippen MR) is 64.8 cm³/mol. The molecule has 1 aliphatic rings. The summed E-state index contributed by atoms with van der Waals surface area (Å²) in [6.07, 6.45) is 2.45. The first-order valence-corrected chi connectivity index (χ1v) is 6.09. The highest BCUT2D eigenvalue weighted by Gasteiger charge is 2.19. The van der Waals surface area contributed by atoms with Crippen molar-refractivity contribution in [2.45, 2.75) is 19.1 Å². The van der Waals surface area contributed by atoms with Gasteiger partial charge in [0.15, 0.2) is 5.82 Å². The number of ether oxygens (including phenoxy) is 1. The molecule has 0 radical (unpaired) electrons. The van der Waals surface area contributed by atoms with Gasteiger partial charge in [0.2, 0.25) is 6.39 Å². The van der Waals surface area contributed by atoms with Gasteiger partial charge in [-0.15, -0.1) is 0 Å². The average Bonchev–Trinajstić information content (AvgIpc) is 2.92. The van der Waals surface area contributed by atoms with E-state index in [-0.39, 0.29) is 6.10 Å². The molecule has 1 aromatic heterocycles. The zero-order valence-electron chi connectivity index (χ0n) is 10.0. The monoisotopic (exact) mass is 245 g/mol. The van der Waals surface area contributed by atoms with Gasteiger partial charge in [0.05, 0.1) is 19.3 Å². The van der Waals surface area contributed by atoms with Gasteiger partial charge in [-0.3, -0.25) is 0 Å². The second-order valence-electron chi connectivity index (χ2n) is 4.29. The molecule has 2 heterocycles. The Morgan fingerprint density at radius 3 is 3.17 bits per heavy atom. The van der Waals surface area contributed by atoms with Crippen molar-refractivity contribution in [1.29, 1.82) is 0 Å². The van der Waals surface area contributed by atoms with Crippen LogP contribution >= 0.6 is 0 Å². The van der Waals surface area contributed by atoms with Crippen molar-refractivity contribution in [3.8, 4) is 0 Å². The van der Waals surface area contributed by atoms with E-state index in [9.17, 15) is 0 Å². The van der Waals surface area contributed by atoms with Crippen LogP contribution in [0.4, 0.5) is 0 Å². The van der Waals surface area contributed by atoms with Gasteiger partial charge in [-0.1, -0.05) is 29.4 Å². The van der Waals surface area contributed by atoms with Crippen molar-refractivity contribution >= 4 is 0 Å². The molecule has 0 saturated carbocycles. The summed E-state index contributed by atoms with van der Waals surface area (Å²) in [5.41, 5.74) is 2.67.